The summed E-state index contributed by atoms with van der Waals surface area (Å²) in [5.41, 5.74) is 6.33. The minimum Gasteiger partial charge on any atom is -0.495 e. The topological polar surface area (TPSA) is 69.4 Å². The van der Waals surface area contributed by atoms with Crippen LogP contribution in [0.5, 0.6) is 5.75 Å². The van der Waals surface area contributed by atoms with Crippen molar-refractivity contribution in [2.75, 3.05) is 19.4 Å². The minimum atomic E-state index is -3.30. The Hall–Kier alpha value is -1.07. The zero-order valence-corrected chi connectivity index (χ0v) is 11.1. The van der Waals surface area contributed by atoms with Crippen LogP contribution in [0, 0.1) is 0 Å². The van der Waals surface area contributed by atoms with E-state index in [1.165, 1.54) is 7.11 Å². The summed E-state index contributed by atoms with van der Waals surface area (Å²) in [5, 5.41) is 0. The van der Waals surface area contributed by atoms with Gasteiger partial charge in [-0.15, -0.1) is 0 Å². The Balaban J connectivity index is 3.17. The molecule has 0 atom stereocenters. The Morgan fingerprint density at radius 1 is 1.35 bits per heavy atom. The van der Waals surface area contributed by atoms with Crippen LogP contribution in [0.1, 0.15) is 18.9 Å². The smallest absolute Gasteiger partial charge is 0.182 e. The molecule has 0 amide bonds. The van der Waals surface area contributed by atoms with Crippen molar-refractivity contribution < 1.29 is 13.2 Å². The van der Waals surface area contributed by atoms with Crippen molar-refractivity contribution in [1.29, 1.82) is 0 Å². The van der Waals surface area contributed by atoms with Crippen molar-refractivity contribution in [2.24, 2.45) is 5.73 Å². The van der Waals surface area contributed by atoms with E-state index in [4.69, 9.17) is 10.5 Å². The van der Waals surface area contributed by atoms with Crippen molar-refractivity contribution in [3.05, 3.63) is 23.8 Å². The van der Waals surface area contributed by atoms with E-state index in [2.05, 4.69) is 0 Å². The zero-order chi connectivity index (χ0) is 12.9. The van der Waals surface area contributed by atoms with Crippen LogP contribution in [0.2, 0.25) is 0 Å². The van der Waals surface area contributed by atoms with Crippen LogP contribution >= 0.6 is 0 Å². The highest BCUT2D eigenvalue weighted by Crippen LogP contribution is 2.26. The fourth-order valence-electron chi connectivity index (χ4n) is 1.57. The molecule has 5 heteroatoms. The molecule has 1 aromatic rings. The molecule has 0 bridgehead atoms. The SMILES string of the molecule is CCc1ccc(OC)c(S(=O)(=O)CCCN)c1. The molecule has 0 saturated carbocycles. The van der Waals surface area contributed by atoms with Crippen LogP contribution in [0.25, 0.3) is 0 Å². The van der Waals surface area contributed by atoms with Crippen LogP contribution in [0.15, 0.2) is 23.1 Å². The van der Waals surface area contributed by atoms with E-state index >= 15 is 0 Å². The molecular weight excluding hydrogens is 238 g/mol. The largest absolute Gasteiger partial charge is 0.495 e. The molecule has 1 rings (SSSR count). The standard InChI is InChI=1S/C12H19NO3S/c1-3-10-5-6-11(16-2)12(9-10)17(14,15)8-4-7-13/h5-6,9H,3-4,7-8,13H2,1-2H3. The van der Waals surface area contributed by atoms with E-state index in [0.717, 1.165) is 12.0 Å². The molecule has 1 aromatic carbocycles. The summed E-state index contributed by atoms with van der Waals surface area (Å²) in [6.45, 7) is 2.35. The number of hydrogen-bond donors (Lipinski definition) is 1. The van der Waals surface area contributed by atoms with Gasteiger partial charge in [0.25, 0.3) is 0 Å². The second-order valence-electron chi connectivity index (χ2n) is 3.80. The Kier molecular flexibility index (Phi) is 4.96. The van der Waals surface area contributed by atoms with Gasteiger partial charge in [0.15, 0.2) is 9.84 Å². The lowest BCUT2D eigenvalue weighted by atomic mass is 10.2. The van der Waals surface area contributed by atoms with E-state index in [-0.39, 0.29) is 10.6 Å². The molecule has 0 spiro atoms. The van der Waals surface area contributed by atoms with Crippen LogP contribution < -0.4 is 10.5 Å². The summed E-state index contributed by atoms with van der Waals surface area (Å²) in [6.07, 6.45) is 1.26. The number of aryl methyl sites for hydroxylation is 1. The maximum Gasteiger partial charge on any atom is 0.182 e. The zero-order valence-electron chi connectivity index (χ0n) is 10.3. The molecule has 17 heavy (non-hydrogen) atoms. The number of hydrogen-bond acceptors (Lipinski definition) is 4. The van der Waals surface area contributed by atoms with Crippen molar-refractivity contribution in [3.8, 4) is 5.75 Å². The lowest BCUT2D eigenvalue weighted by molar-refractivity contribution is 0.402. The number of nitrogens with two attached hydrogens (primary N) is 1. The number of sulfone groups is 1. The molecule has 0 aliphatic heterocycles. The summed E-state index contributed by atoms with van der Waals surface area (Å²) in [6, 6.07) is 5.26. The molecule has 0 heterocycles. The van der Waals surface area contributed by atoms with Gasteiger partial charge in [0.05, 0.1) is 12.9 Å². The van der Waals surface area contributed by atoms with Gasteiger partial charge in [-0.3, -0.25) is 0 Å². The Labute approximate surface area is 103 Å². The fourth-order valence-corrected chi connectivity index (χ4v) is 3.12. The molecule has 0 radical (unpaired) electrons. The number of methoxy groups -OCH3 is 1. The predicted molar refractivity (Wildman–Crippen MR) is 68.1 cm³/mol. The predicted octanol–water partition coefficient (Wildman–Crippen LogP) is 1.38. The normalized spacial score (nSPS) is 11.5. The van der Waals surface area contributed by atoms with Gasteiger partial charge in [-0.2, -0.15) is 0 Å². The maximum absolute atomic E-state index is 12.1. The number of rotatable bonds is 6. The third-order valence-electron chi connectivity index (χ3n) is 2.59. The first kappa shape index (κ1) is 14.0. The molecule has 0 aromatic heterocycles. The lowest BCUT2D eigenvalue weighted by Crippen LogP contribution is -2.12. The van der Waals surface area contributed by atoms with E-state index < -0.39 is 9.84 Å². The Bertz CT molecular complexity index is 469. The Morgan fingerprint density at radius 2 is 2.06 bits per heavy atom. The van der Waals surface area contributed by atoms with Gasteiger partial charge in [0.2, 0.25) is 0 Å². The number of ether oxygens (including phenoxy) is 1. The quantitative estimate of drug-likeness (QED) is 0.836. The molecule has 0 aliphatic rings. The van der Waals surface area contributed by atoms with E-state index in [9.17, 15) is 8.42 Å². The summed E-state index contributed by atoms with van der Waals surface area (Å²) >= 11 is 0. The van der Waals surface area contributed by atoms with E-state index in [1.54, 1.807) is 12.1 Å². The van der Waals surface area contributed by atoms with Crippen LogP contribution in [0.4, 0.5) is 0 Å². The van der Waals surface area contributed by atoms with Gasteiger partial charge < -0.3 is 10.5 Å². The highest BCUT2D eigenvalue weighted by Gasteiger charge is 2.19. The average Bonchev–Trinajstić information content (AvgIpc) is 2.35. The van der Waals surface area contributed by atoms with Crippen LogP contribution in [-0.2, 0) is 16.3 Å². The fraction of sp³-hybridized carbons (Fsp3) is 0.500. The van der Waals surface area contributed by atoms with Gasteiger partial charge in [-0.1, -0.05) is 13.0 Å². The summed E-state index contributed by atoms with van der Waals surface area (Å²) < 4.78 is 29.3. The maximum atomic E-state index is 12.1. The summed E-state index contributed by atoms with van der Waals surface area (Å²) in [7, 11) is -1.83. The van der Waals surface area contributed by atoms with Crippen molar-refractivity contribution in [1.82, 2.24) is 0 Å². The van der Waals surface area contributed by atoms with Crippen molar-refractivity contribution >= 4 is 9.84 Å². The molecule has 0 saturated heterocycles. The first-order valence-corrected chi connectivity index (χ1v) is 7.30. The first-order valence-electron chi connectivity index (χ1n) is 5.65. The highest BCUT2D eigenvalue weighted by atomic mass is 32.2. The third kappa shape index (κ3) is 3.44. The molecular formula is C12H19NO3S. The van der Waals surface area contributed by atoms with Crippen LogP contribution in [0.3, 0.4) is 0 Å². The molecule has 0 unspecified atom stereocenters. The third-order valence-corrected chi connectivity index (χ3v) is 4.40. The van der Waals surface area contributed by atoms with Crippen molar-refractivity contribution in [2.45, 2.75) is 24.7 Å². The van der Waals surface area contributed by atoms with Gasteiger partial charge in [-0.25, -0.2) is 8.42 Å². The van der Waals surface area contributed by atoms with Gasteiger partial charge in [0, 0.05) is 0 Å². The molecule has 2 N–H and O–H groups in total. The Morgan fingerprint density at radius 3 is 2.59 bits per heavy atom. The van der Waals surface area contributed by atoms with Crippen molar-refractivity contribution in [3.63, 3.8) is 0 Å². The van der Waals surface area contributed by atoms with E-state index in [1.807, 2.05) is 13.0 Å². The van der Waals surface area contributed by atoms with E-state index in [0.29, 0.717) is 18.7 Å². The lowest BCUT2D eigenvalue weighted by Gasteiger charge is -2.10. The van der Waals surface area contributed by atoms with Gasteiger partial charge >= 0.3 is 0 Å². The minimum absolute atomic E-state index is 0.0625. The van der Waals surface area contributed by atoms with Gasteiger partial charge in [-0.05, 0) is 37.1 Å². The molecule has 4 nitrogen and oxygen atoms in total. The monoisotopic (exact) mass is 257 g/mol. The highest BCUT2D eigenvalue weighted by molar-refractivity contribution is 7.91. The summed E-state index contributed by atoms with van der Waals surface area (Å²) in [5.74, 6) is 0.465. The molecule has 0 aliphatic carbocycles. The summed E-state index contributed by atoms with van der Waals surface area (Å²) in [4.78, 5) is 0.271. The first-order chi connectivity index (χ1) is 8.05. The second kappa shape index (κ2) is 6.02. The average molecular weight is 257 g/mol. The second-order valence-corrected chi connectivity index (χ2v) is 5.88. The molecule has 0 fully saturated rings. The number of benzene rings is 1. The molecule has 96 valence electrons. The van der Waals surface area contributed by atoms with Crippen LogP contribution in [-0.4, -0.2) is 27.8 Å². The van der Waals surface area contributed by atoms with Gasteiger partial charge in [0.1, 0.15) is 10.6 Å².